The zero-order valence-electron chi connectivity index (χ0n) is 13.0. The molecular weight excluding hydrogens is 369 g/mol. The predicted molar refractivity (Wildman–Crippen MR) is 93.0 cm³/mol. The number of benzene rings is 2. The second kappa shape index (κ2) is 6.51. The van der Waals surface area contributed by atoms with Crippen LogP contribution in [0.5, 0.6) is 0 Å². The summed E-state index contributed by atoms with van der Waals surface area (Å²) in [5.74, 6) is -0.550. The molecule has 0 saturated carbocycles. The second-order valence-electron chi connectivity index (χ2n) is 5.36. The van der Waals surface area contributed by atoms with Gasteiger partial charge in [-0.2, -0.15) is 0 Å². The molecule has 0 spiro atoms. The normalized spacial score (nSPS) is 19.8. The first-order valence-corrected chi connectivity index (χ1v) is 7.97. The summed E-state index contributed by atoms with van der Waals surface area (Å²) < 4.78 is 5.68. The van der Waals surface area contributed by atoms with Gasteiger partial charge in [-0.1, -0.05) is 46.4 Å². The van der Waals surface area contributed by atoms with Crippen molar-refractivity contribution in [1.82, 2.24) is 5.01 Å². The first-order valence-electron chi connectivity index (χ1n) is 7.22. The van der Waals surface area contributed by atoms with Crippen molar-refractivity contribution < 1.29 is 14.6 Å². The van der Waals surface area contributed by atoms with Crippen LogP contribution in [-0.2, 0) is 15.3 Å². The number of hydrogen-bond donors (Lipinski definition) is 1. The number of hydrazine groups is 1. The molecule has 1 aliphatic rings. The van der Waals surface area contributed by atoms with Crippen molar-refractivity contribution in [1.29, 1.82) is 0 Å². The van der Waals surface area contributed by atoms with Crippen LogP contribution in [0.15, 0.2) is 42.5 Å². The monoisotopic (exact) mass is 381 g/mol. The van der Waals surface area contributed by atoms with Crippen LogP contribution >= 0.6 is 23.2 Å². The van der Waals surface area contributed by atoms with Gasteiger partial charge in [-0.3, -0.25) is 4.79 Å². The molecule has 2 aromatic rings. The van der Waals surface area contributed by atoms with Crippen LogP contribution in [0.3, 0.4) is 0 Å². The molecule has 1 aliphatic heterocycles. The number of nitrogens with zero attached hydrogens (tertiary/aromatic N) is 2. The average molecular weight is 382 g/mol. The second-order valence-corrected chi connectivity index (χ2v) is 6.21. The molecule has 0 radical (unpaired) electrons. The molecule has 1 amide bonds. The van der Waals surface area contributed by atoms with E-state index in [4.69, 9.17) is 27.9 Å². The number of methoxy groups -OCH3 is 1. The van der Waals surface area contributed by atoms with Crippen molar-refractivity contribution in [3.63, 3.8) is 0 Å². The number of rotatable bonds is 3. The lowest BCUT2D eigenvalue weighted by atomic mass is 9.92. The van der Waals surface area contributed by atoms with Crippen molar-refractivity contribution in [3.8, 4) is 0 Å². The van der Waals surface area contributed by atoms with E-state index in [1.54, 1.807) is 36.4 Å². The zero-order chi connectivity index (χ0) is 18.2. The van der Waals surface area contributed by atoms with Gasteiger partial charge in [-0.05, 0) is 24.3 Å². The van der Waals surface area contributed by atoms with Crippen LogP contribution in [0.25, 0.3) is 0 Å². The minimum absolute atomic E-state index is 0.261. The summed E-state index contributed by atoms with van der Waals surface area (Å²) >= 11 is 12.4. The highest BCUT2D eigenvalue weighted by molar-refractivity contribution is 6.31. The Hall–Kier alpha value is -2.35. The number of carbonyl (C=O) groups excluding carboxylic acids is 1. The van der Waals surface area contributed by atoms with Gasteiger partial charge in [0.2, 0.25) is 5.91 Å². The number of halogens is 2. The summed E-state index contributed by atoms with van der Waals surface area (Å²) in [6.07, 6.45) is 0. The van der Waals surface area contributed by atoms with Gasteiger partial charge in [0, 0.05) is 34.0 Å². The molecule has 1 N–H and O–H groups in total. The number of anilines is 1. The molecule has 1 unspecified atom stereocenters. The van der Waals surface area contributed by atoms with E-state index in [2.05, 4.69) is 5.32 Å². The molecule has 7 nitrogen and oxygen atoms in total. The maximum absolute atomic E-state index is 12.2. The van der Waals surface area contributed by atoms with Gasteiger partial charge in [0.05, 0.1) is 0 Å². The number of fused-ring (bicyclic) bond motifs is 1. The Morgan fingerprint density at radius 3 is 2.60 bits per heavy atom. The lowest BCUT2D eigenvalue weighted by Gasteiger charge is -2.36. The highest BCUT2D eigenvalue weighted by Gasteiger charge is 2.52. The summed E-state index contributed by atoms with van der Waals surface area (Å²) in [4.78, 5) is 24.0. The van der Waals surface area contributed by atoms with Crippen LogP contribution in [-0.4, -0.2) is 29.6 Å². The van der Waals surface area contributed by atoms with Gasteiger partial charge < -0.3 is 10.1 Å². The van der Waals surface area contributed by atoms with Crippen molar-refractivity contribution in [2.24, 2.45) is 0 Å². The van der Waals surface area contributed by atoms with Gasteiger partial charge >= 0.3 is 0 Å². The third-order valence-corrected chi connectivity index (χ3v) is 4.57. The highest BCUT2D eigenvalue weighted by atomic mass is 35.5. The maximum atomic E-state index is 12.2. The van der Waals surface area contributed by atoms with E-state index >= 15 is 0 Å². The Bertz CT molecular complexity index is 861. The van der Waals surface area contributed by atoms with Gasteiger partial charge in [0.1, 0.15) is 0 Å². The highest BCUT2D eigenvalue weighted by Crippen LogP contribution is 2.45. The first-order chi connectivity index (χ1) is 11.9. The number of carbonyl (C=O) groups is 1. The van der Waals surface area contributed by atoms with E-state index in [0.717, 1.165) is 0 Å². The van der Waals surface area contributed by atoms with Crippen LogP contribution in [0.4, 0.5) is 5.69 Å². The minimum atomic E-state index is -1.73. The van der Waals surface area contributed by atoms with E-state index in [0.29, 0.717) is 26.8 Å². The van der Waals surface area contributed by atoms with Crippen molar-refractivity contribution in [3.05, 3.63) is 73.8 Å². The van der Waals surface area contributed by atoms with Crippen molar-refractivity contribution in [2.75, 3.05) is 19.0 Å². The first kappa shape index (κ1) is 17.5. The Labute approximate surface area is 153 Å². The summed E-state index contributed by atoms with van der Waals surface area (Å²) in [5, 5.41) is 15.1. The quantitative estimate of drug-likeness (QED) is 0.651. The smallest absolute Gasteiger partial charge is 0.253 e. The number of nitro groups is 1. The molecule has 9 heteroatoms. The van der Waals surface area contributed by atoms with Crippen LogP contribution in [0, 0.1) is 10.1 Å². The molecule has 0 bridgehead atoms. The number of amides is 1. The molecule has 25 heavy (non-hydrogen) atoms. The standard InChI is InChI=1S/C16H13Cl2N3O4/c1-25-16(11-4-2-3-5-13(11)18)12-8-10(17)6-7-14(12)19-15(22)9-20(16)21(23)24/h2-8H,9H2,1H3,(H,19,22). The van der Waals surface area contributed by atoms with Crippen molar-refractivity contribution >= 4 is 34.8 Å². The largest absolute Gasteiger partial charge is 0.347 e. The maximum Gasteiger partial charge on any atom is 0.253 e. The Balaban J connectivity index is 2.42. The van der Waals surface area contributed by atoms with E-state index in [-0.39, 0.29) is 5.02 Å². The average Bonchev–Trinajstić information content (AvgIpc) is 2.70. The molecule has 1 atom stereocenters. The number of ether oxygens (including phenoxy) is 1. The fraction of sp³-hybridized carbons (Fsp3) is 0.188. The van der Waals surface area contributed by atoms with E-state index in [9.17, 15) is 14.9 Å². The van der Waals surface area contributed by atoms with Crippen LogP contribution in [0.1, 0.15) is 11.1 Å². The lowest BCUT2D eigenvalue weighted by Crippen LogP contribution is -2.52. The minimum Gasteiger partial charge on any atom is -0.347 e. The van der Waals surface area contributed by atoms with Crippen LogP contribution in [0.2, 0.25) is 10.0 Å². The topological polar surface area (TPSA) is 84.7 Å². The SMILES string of the molecule is COC1(c2ccccc2Cl)c2cc(Cl)ccc2NC(=O)CN1[N+](=O)[O-]. The molecule has 0 aromatic heterocycles. The third-order valence-electron chi connectivity index (χ3n) is 4.01. The molecule has 0 saturated heterocycles. The molecular formula is C16H13Cl2N3O4. The lowest BCUT2D eigenvalue weighted by molar-refractivity contribution is -0.686. The molecule has 0 aliphatic carbocycles. The molecule has 2 aromatic carbocycles. The summed E-state index contributed by atoms with van der Waals surface area (Å²) in [5.41, 5.74) is -0.726. The van der Waals surface area contributed by atoms with Gasteiger partial charge in [0.15, 0.2) is 11.6 Å². The Morgan fingerprint density at radius 1 is 1.24 bits per heavy atom. The van der Waals surface area contributed by atoms with E-state index < -0.39 is 23.2 Å². The third kappa shape index (κ3) is 2.80. The molecule has 0 fully saturated rings. The Morgan fingerprint density at radius 2 is 1.96 bits per heavy atom. The number of nitrogens with one attached hydrogen (secondary N) is 1. The van der Waals surface area contributed by atoms with Crippen LogP contribution < -0.4 is 5.32 Å². The van der Waals surface area contributed by atoms with Gasteiger partial charge in [-0.25, -0.2) is 10.1 Å². The summed E-state index contributed by atoms with van der Waals surface area (Å²) in [6.45, 7) is -0.529. The van der Waals surface area contributed by atoms with E-state index in [1.165, 1.54) is 13.2 Å². The summed E-state index contributed by atoms with van der Waals surface area (Å²) in [7, 11) is 1.32. The molecule has 3 rings (SSSR count). The van der Waals surface area contributed by atoms with Gasteiger partial charge in [0.25, 0.3) is 5.72 Å². The molecule has 130 valence electrons. The summed E-state index contributed by atoms with van der Waals surface area (Å²) in [6, 6.07) is 11.3. The fourth-order valence-corrected chi connectivity index (χ4v) is 3.44. The predicted octanol–water partition coefficient (Wildman–Crippen LogP) is 3.29. The van der Waals surface area contributed by atoms with Gasteiger partial charge in [-0.15, -0.1) is 0 Å². The fourth-order valence-electron chi connectivity index (χ4n) is 3.00. The van der Waals surface area contributed by atoms with E-state index in [1.807, 2.05) is 0 Å². The molecule has 1 heterocycles. The van der Waals surface area contributed by atoms with Crippen molar-refractivity contribution in [2.45, 2.75) is 5.72 Å². The zero-order valence-corrected chi connectivity index (χ0v) is 14.5. The Kier molecular flexibility index (Phi) is 4.55. The number of hydrogen-bond acceptors (Lipinski definition) is 4.